The first-order chi connectivity index (χ1) is 12.7. The molecule has 2 aliphatic rings. The Balaban J connectivity index is 1.70. The lowest BCUT2D eigenvalue weighted by atomic mass is 9.87. The Morgan fingerprint density at radius 1 is 0.808 bits per heavy atom. The summed E-state index contributed by atoms with van der Waals surface area (Å²) in [6, 6.07) is 25.3. The van der Waals surface area contributed by atoms with Gasteiger partial charge >= 0.3 is 0 Å². The van der Waals surface area contributed by atoms with Crippen molar-refractivity contribution in [1.82, 2.24) is 0 Å². The molecular weight excluding hydrogens is 316 g/mol. The van der Waals surface area contributed by atoms with Gasteiger partial charge in [-0.1, -0.05) is 78.4 Å². The highest BCUT2D eigenvalue weighted by Gasteiger charge is 2.37. The van der Waals surface area contributed by atoms with Crippen molar-refractivity contribution in [2.45, 2.75) is 19.8 Å². The van der Waals surface area contributed by atoms with E-state index in [1.807, 2.05) is 18.2 Å². The van der Waals surface area contributed by atoms with Crippen LogP contribution in [0.25, 0.3) is 11.1 Å². The monoisotopic (exact) mass is 336 g/mol. The molecule has 0 aliphatic heterocycles. The third kappa shape index (κ3) is 2.28. The molecule has 0 heterocycles. The lowest BCUT2D eigenvalue weighted by molar-refractivity contribution is 0.0964. The van der Waals surface area contributed by atoms with E-state index in [2.05, 4.69) is 61.5 Å². The summed E-state index contributed by atoms with van der Waals surface area (Å²) in [5.74, 6) is 0.212. The number of hydrogen-bond acceptors (Lipinski definition) is 1. The van der Waals surface area contributed by atoms with Gasteiger partial charge in [0.2, 0.25) is 0 Å². The normalized spacial score (nSPS) is 18.2. The number of benzene rings is 3. The van der Waals surface area contributed by atoms with Crippen molar-refractivity contribution in [3.8, 4) is 0 Å². The quantitative estimate of drug-likeness (QED) is 0.602. The Bertz CT molecular complexity index is 1070. The molecule has 1 atom stereocenters. The van der Waals surface area contributed by atoms with E-state index < -0.39 is 0 Å². The molecule has 126 valence electrons. The molecule has 1 heteroatoms. The zero-order valence-corrected chi connectivity index (χ0v) is 14.8. The van der Waals surface area contributed by atoms with Gasteiger partial charge in [-0.25, -0.2) is 0 Å². The van der Waals surface area contributed by atoms with E-state index in [0.29, 0.717) is 0 Å². The highest BCUT2D eigenvalue weighted by atomic mass is 16.1. The van der Waals surface area contributed by atoms with E-state index in [0.717, 1.165) is 18.4 Å². The van der Waals surface area contributed by atoms with Gasteiger partial charge in [0.15, 0.2) is 5.78 Å². The molecule has 2 aliphatic carbocycles. The van der Waals surface area contributed by atoms with Crippen LogP contribution >= 0.6 is 0 Å². The topological polar surface area (TPSA) is 17.1 Å². The van der Waals surface area contributed by atoms with Gasteiger partial charge in [-0.05, 0) is 53.2 Å². The van der Waals surface area contributed by atoms with Crippen molar-refractivity contribution in [1.29, 1.82) is 0 Å². The summed E-state index contributed by atoms with van der Waals surface area (Å²) < 4.78 is 0. The first-order valence-electron chi connectivity index (χ1n) is 9.23. The molecule has 0 radical (unpaired) electrons. The zero-order valence-electron chi connectivity index (χ0n) is 14.8. The second-order valence-electron chi connectivity index (χ2n) is 7.37. The Morgan fingerprint density at radius 3 is 2.31 bits per heavy atom. The fourth-order valence-corrected chi connectivity index (χ4v) is 4.55. The zero-order chi connectivity index (χ0) is 17.7. The van der Waals surface area contributed by atoms with Crippen molar-refractivity contribution in [2.75, 3.05) is 0 Å². The molecule has 0 fully saturated rings. The molecule has 0 aromatic heterocycles. The van der Waals surface area contributed by atoms with Gasteiger partial charge in [0.25, 0.3) is 0 Å². The Kier molecular flexibility index (Phi) is 3.43. The average Bonchev–Trinajstić information content (AvgIpc) is 3.20. The van der Waals surface area contributed by atoms with E-state index in [4.69, 9.17) is 0 Å². The van der Waals surface area contributed by atoms with Crippen LogP contribution in [0.1, 0.15) is 38.2 Å². The highest BCUT2D eigenvalue weighted by molar-refractivity contribution is 6.13. The van der Waals surface area contributed by atoms with Crippen LogP contribution in [-0.2, 0) is 12.8 Å². The molecular formula is C25H20O. The second-order valence-corrected chi connectivity index (χ2v) is 7.37. The third-order valence-corrected chi connectivity index (χ3v) is 5.74. The SMILES string of the molecule is Cc1cccc(C2=C(C3Cc4ccccc4C3=O)c3ccccc3C2)c1. The summed E-state index contributed by atoms with van der Waals surface area (Å²) in [5, 5.41) is 0. The Labute approximate surface area is 154 Å². The van der Waals surface area contributed by atoms with Crippen LogP contribution < -0.4 is 0 Å². The number of allylic oxidation sites excluding steroid dienone is 2. The summed E-state index contributed by atoms with van der Waals surface area (Å²) in [4.78, 5) is 13.2. The predicted octanol–water partition coefficient (Wildman–Crippen LogP) is 5.52. The van der Waals surface area contributed by atoms with Crippen molar-refractivity contribution < 1.29 is 4.79 Å². The lowest BCUT2D eigenvalue weighted by Gasteiger charge is -2.15. The van der Waals surface area contributed by atoms with Crippen LogP contribution in [-0.4, -0.2) is 5.78 Å². The van der Waals surface area contributed by atoms with Crippen LogP contribution in [0, 0.1) is 12.8 Å². The van der Waals surface area contributed by atoms with Gasteiger partial charge in [0.1, 0.15) is 0 Å². The molecule has 26 heavy (non-hydrogen) atoms. The van der Waals surface area contributed by atoms with Gasteiger partial charge in [-0.2, -0.15) is 0 Å². The van der Waals surface area contributed by atoms with E-state index in [-0.39, 0.29) is 11.7 Å². The number of Topliss-reactive ketones (excluding diaryl/α,β-unsaturated/α-hetero) is 1. The van der Waals surface area contributed by atoms with Crippen LogP contribution in [0.15, 0.2) is 72.8 Å². The summed E-state index contributed by atoms with van der Waals surface area (Å²) >= 11 is 0. The number of rotatable bonds is 2. The lowest BCUT2D eigenvalue weighted by Crippen LogP contribution is -2.11. The Morgan fingerprint density at radius 2 is 1.54 bits per heavy atom. The van der Waals surface area contributed by atoms with E-state index in [9.17, 15) is 4.79 Å². The number of ketones is 1. The molecule has 3 aromatic rings. The smallest absolute Gasteiger partial charge is 0.170 e. The van der Waals surface area contributed by atoms with Gasteiger partial charge in [0.05, 0.1) is 5.92 Å². The number of aryl methyl sites for hydroxylation is 1. The summed E-state index contributed by atoms with van der Waals surface area (Å²) in [6.07, 6.45) is 1.73. The largest absolute Gasteiger partial charge is 0.293 e. The van der Waals surface area contributed by atoms with Crippen molar-refractivity contribution in [3.05, 3.63) is 106 Å². The third-order valence-electron chi connectivity index (χ3n) is 5.74. The maximum absolute atomic E-state index is 13.2. The summed E-state index contributed by atoms with van der Waals surface area (Å²) in [6.45, 7) is 2.13. The minimum Gasteiger partial charge on any atom is -0.293 e. The Hall–Kier alpha value is -2.93. The standard InChI is InChI=1S/C25H20O/c1-16-7-6-10-17(13-16)22-14-18-8-2-4-11-20(18)24(22)23-15-19-9-3-5-12-21(19)25(23)26/h2-13,23H,14-15H2,1H3. The van der Waals surface area contributed by atoms with Crippen molar-refractivity contribution in [2.24, 2.45) is 5.92 Å². The summed E-state index contributed by atoms with van der Waals surface area (Å²) in [7, 11) is 0. The van der Waals surface area contributed by atoms with Gasteiger partial charge in [0, 0.05) is 5.56 Å². The minimum absolute atomic E-state index is 0.0634. The van der Waals surface area contributed by atoms with Crippen molar-refractivity contribution in [3.63, 3.8) is 0 Å². The van der Waals surface area contributed by atoms with Gasteiger partial charge in [-0.3, -0.25) is 4.79 Å². The van der Waals surface area contributed by atoms with Gasteiger partial charge < -0.3 is 0 Å². The maximum Gasteiger partial charge on any atom is 0.170 e. The maximum atomic E-state index is 13.2. The van der Waals surface area contributed by atoms with Crippen LogP contribution in [0.4, 0.5) is 0 Å². The van der Waals surface area contributed by atoms with E-state index in [1.165, 1.54) is 39.0 Å². The van der Waals surface area contributed by atoms with E-state index in [1.54, 1.807) is 0 Å². The van der Waals surface area contributed by atoms with Crippen LogP contribution in [0.2, 0.25) is 0 Å². The van der Waals surface area contributed by atoms with Gasteiger partial charge in [-0.15, -0.1) is 0 Å². The first kappa shape index (κ1) is 15.3. The molecule has 0 spiro atoms. The average molecular weight is 336 g/mol. The number of hydrogen-bond donors (Lipinski definition) is 0. The predicted molar refractivity (Wildman–Crippen MR) is 106 cm³/mol. The number of fused-ring (bicyclic) bond motifs is 2. The fourth-order valence-electron chi connectivity index (χ4n) is 4.55. The number of carbonyl (C=O) groups is 1. The first-order valence-corrected chi connectivity index (χ1v) is 9.23. The number of carbonyl (C=O) groups excluding carboxylic acids is 1. The molecule has 3 aromatic carbocycles. The molecule has 1 nitrogen and oxygen atoms in total. The van der Waals surface area contributed by atoms with E-state index >= 15 is 0 Å². The fraction of sp³-hybridized carbons (Fsp3) is 0.160. The molecule has 1 unspecified atom stereocenters. The molecule has 0 bridgehead atoms. The summed E-state index contributed by atoms with van der Waals surface area (Å²) in [5.41, 5.74) is 9.75. The second kappa shape index (κ2) is 5.81. The van der Waals surface area contributed by atoms with Crippen LogP contribution in [0.3, 0.4) is 0 Å². The minimum atomic E-state index is -0.0634. The molecule has 5 rings (SSSR count). The molecule has 0 saturated heterocycles. The molecule has 0 amide bonds. The molecule has 0 saturated carbocycles. The van der Waals surface area contributed by atoms with Crippen LogP contribution in [0.5, 0.6) is 0 Å². The van der Waals surface area contributed by atoms with Crippen molar-refractivity contribution >= 4 is 16.9 Å². The molecule has 0 N–H and O–H groups in total. The highest BCUT2D eigenvalue weighted by Crippen LogP contribution is 2.46.